The van der Waals surface area contributed by atoms with E-state index in [9.17, 15) is 9.90 Å². The van der Waals surface area contributed by atoms with Crippen molar-refractivity contribution >= 4 is 5.97 Å². The van der Waals surface area contributed by atoms with Gasteiger partial charge >= 0.3 is 5.97 Å². The van der Waals surface area contributed by atoms with Crippen molar-refractivity contribution in [3.05, 3.63) is 59.7 Å². The molecule has 2 unspecified atom stereocenters. The van der Waals surface area contributed by atoms with Crippen LogP contribution < -0.4 is 4.74 Å². The zero-order valence-electron chi connectivity index (χ0n) is 13.9. The molecule has 1 fully saturated rings. The molecule has 1 aliphatic rings. The maximum absolute atomic E-state index is 12.3. The second kappa shape index (κ2) is 6.26. The van der Waals surface area contributed by atoms with Crippen LogP contribution in [0.2, 0.25) is 0 Å². The van der Waals surface area contributed by atoms with E-state index in [0.717, 1.165) is 5.56 Å². The van der Waals surface area contributed by atoms with Crippen LogP contribution in [0.15, 0.2) is 48.5 Å². The van der Waals surface area contributed by atoms with Gasteiger partial charge in [0.2, 0.25) is 0 Å². The number of carbonyl (C=O) groups is 1. The number of benzene rings is 2. The number of para-hydroxylation sites is 2. The number of carbonyl (C=O) groups excluding carboxylic acids is 1. The molecule has 2 aromatic carbocycles. The molecule has 0 aromatic heterocycles. The topological polar surface area (TPSA) is 68.3 Å². The van der Waals surface area contributed by atoms with Crippen molar-refractivity contribution in [1.82, 2.24) is 0 Å². The largest absolute Gasteiger partial charge is 0.507 e. The maximum atomic E-state index is 12.3. The summed E-state index contributed by atoms with van der Waals surface area (Å²) in [7, 11) is 0. The first-order valence-electron chi connectivity index (χ1n) is 7.77. The van der Waals surface area contributed by atoms with Crippen molar-refractivity contribution in [1.29, 1.82) is 0 Å². The maximum Gasteiger partial charge on any atom is 0.347 e. The van der Waals surface area contributed by atoms with Crippen LogP contribution in [0.3, 0.4) is 0 Å². The lowest BCUT2D eigenvalue weighted by molar-refractivity contribution is -0.0570. The van der Waals surface area contributed by atoms with E-state index in [1.165, 1.54) is 12.1 Å². The molecule has 0 aliphatic carbocycles. The van der Waals surface area contributed by atoms with E-state index in [2.05, 4.69) is 0 Å². The first kappa shape index (κ1) is 16.5. The monoisotopic (exact) mass is 328 g/mol. The zero-order valence-corrected chi connectivity index (χ0v) is 13.9. The van der Waals surface area contributed by atoms with Crippen LogP contribution in [0.5, 0.6) is 11.5 Å². The molecule has 1 aliphatic heterocycles. The Morgan fingerprint density at radius 1 is 1.08 bits per heavy atom. The van der Waals surface area contributed by atoms with Gasteiger partial charge in [-0.15, -0.1) is 0 Å². The van der Waals surface area contributed by atoms with Gasteiger partial charge in [0.15, 0.2) is 6.29 Å². The SMILES string of the molecule is CC(C)(C)OC1OC1c1ccccc1OC(=O)c1ccccc1O. The van der Waals surface area contributed by atoms with Crippen molar-refractivity contribution in [3.63, 3.8) is 0 Å². The highest BCUT2D eigenvalue weighted by Crippen LogP contribution is 2.45. The third kappa shape index (κ3) is 3.75. The Kier molecular flexibility index (Phi) is 4.30. The summed E-state index contributed by atoms with van der Waals surface area (Å²) >= 11 is 0. The number of hydrogen-bond acceptors (Lipinski definition) is 5. The minimum Gasteiger partial charge on any atom is -0.507 e. The molecular formula is C19H20O5. The first-order chi connectivity index (χ1) is 11.3. The molecule has 1 N–H and O–H groups in total. The van der Waals surface area contributed by atoms with Crippen LogP contribution >= 0.6 is 0 Å². The second-order valence-electron chi connectivity index (χ2n) is 6.60. The number of aromatic hydroxyl groups is 1. The fraction of sp³-hybridized carbons (Fsp3) is 0.316. The number of ether oxygens (including phenoxy) is 3. The van der Waals surface area contributed by atoms with Crippen molar-refractivity contribution in [2.24, 2.45) is 0 Å². The molecule has 0 spiro atoms. The normalized spacial score (nSPS) is 19.8. The summed E-state index contributed by atoms with van der Waals surface area (Å²) in [5.41, 5.74) is 0.544. The van der Waals surface area contributed by atoms with Crippen LogP contribution in [0.4, 0.5) is 0 Å². The van der Waals surface area contributed by atoms with Crippen LogP contribution in [0, 0.1) is 0 Å². The highest BCUT2D eigenvalue weighted by molar-refractivity contribution is 5.93. The lowest BCUT2D eigenvalue weighted by atomic mass is 10.1. The molecule has 0 saturated carbocycles. The first-order valence-corrected chi connectivity index (χ1v) is 7.77. The van der Waals surface area contributed by atoms with E-state index >= 15 is 0 Å². The fourth-order valence-electron chi connectivity index (χ4n) is 2.37. The molecule has 5 heteroatoms. The highest BCUT2D eigenvalue weighted by atomic mass is 16.8. The third-order valence-corrected chi connectivity index (χ3v) is 3.47. The van der Waals surface area contributed by atoms with Gasteiger partial charge in [-0.1, -0.05) is 30.3 Å². The van der Waals surface area contributed by atoms with Crippen molar-refractivity contribution < 1.29 is 24.1 Å². The van der Waals surface area contributed by atoms with E-state index < -0.39 is 5.97 Å². The molecule has 5 nitrogen and oxygen atoms in total. The highest BCUT2D eigenvalue weighted by Gasteiger charge is 2.45. The van der Waals surface area contributed by atoms with E-state index in [1.54, 1.807) is 24.3 Å². The number of esters is 1. The number of hydrogen-bond donors (Lipinski definition) is 1. The summed E-state index contributed by atoms with van der Waals surface area (Å²) in [6, 6.07) is 13.4. The van der Waals surface area contributed by atoms with E-state index in [4.69, 9.17) is 14.2 Å². The van der Waals surface area contributed by atoms with Gasteiger partial charge in [0.25, 0.3) is 0 Å². The molecule has 2 aromatic rings. The summed E-state index contributed by atoms with van der Waals surface area (Å²) in [6.45, 7) is 5.86. The Morgan fingerprint density at radius 2 is 1.75 bits per heavy atom. The van der Waals surface area contributed by atoms with Gasteiger partial charge in [-0.3, -0.25) is 0 Å². The molecule has 2 atom stereocenters. The molecule has 1 heterocycles. The summed E-state index contributed by atoms with van der Waals surface area (Å²) in [5, 5.41) is 9.77. The van der Waals surface area contributed by atoms with Crippen molar-refractivity contribution in [3.8, 4) is 11.5 Å². The Hall–Kier alpha value is -2.37. The smallest absolute Gasteiger partial charge is 0.347 e. The van der Waals surface area contributed by atoms with Gasteiger partial charge in [-0.05, 0) is 39.0 Å². The number of epoxide rings is 1. The predicted molar refractivity (Wildman–Crippen MR) is 88.0 cm³/mol. The van der Waals surface area contributed by atoms with Gasteiger partial charge in [-0.2, -0.15) is 0 Å². The quantitative estimate of drug-likeness (QED) is 0.525. The van der Waals surface area contributed by atoms with Crippen LogP contribution in [-0.2, 0) is 9.47 Å². The predicted octanol–water partition coefficient (Wildman–Crippen LogP) is 3.82. The van der Waals surface area contributed by atoms with Gasteiger partial charge in [0.05, 0.1) is 5.60 Å². The summed E-state index contributed by atoms with van der Waals surface area (Å²) < 4.78 is 16.8. The van der Waals surface area contributed by atoms with Crippen LogP contribution in [-0.4, -0.2) is 23.0 Å². The standard InChI is InChI=1S/C19H20O5/c1-19(2,3)24-18-16(23-18)13-9-5-7-11-15(13)22-17(21)12-8-4-6-10-14(12)20/h4-11,16,18,20H,1-3H3. The summed E-state index contributed by atoms with van der Waals surface area (Å²) in [4.78, 5) is 12.3. The zero-order chi connectivity index (χ0) is 17.3. The molecule has 24 heavy (non-hydrogen) atoms. The Morgan fingerprint density at radius 3 is 2.46 bits per heavy atom. The number of rotatable bonds is 4. The summed E-state index contributed by atoms with van der Waals surface area (Å²) in [6.07, 6.45) is -0.618. The van der Waals surface area contributed by atoms with Crippen LogP contribution in [0.1, 0.15) is 42.8 Å². The van der Waals surface area contributed by atoms with Crippen molar-refractivity contribution in [2.75, 3.05) is 0 Å². The van der Waals surface area contributed by atoms with Gasteiger partial charge < -0.3 is 19.3 Å². The van der Waals surface area contributed by atoms with Gasteiger partial charge in [-0.25, -0.2) is 4.79 Å². The Labute approximate surface area is 140 Å². The third-order valence-electron chi connectivity index (χ3n) is 3.47. The molecule has 3 rings (SSSR count). The van der Waals surface area contributed by atoms with Gasteiger partial charge in [0.1, 0.15) is 23.2 Å². The van der Waals surface area contributed by atoms with Crippen molar-refractivity contribution in [2.45, 2.75) is 38.8 Å². The summed E-state index contributed by atoms with van der Waals surface area (Å²) in [5.74, 6) is -0.332. The Balaban J connectivity index is 1.76. The Bertz CT molecular complexity index is 747. The lowest BCUT2D eigenvalue weighted by Gasteiger charge is -2.17. The molecular weight excluding hydrogens is 308 g/mol. The average molecular weight is 328 g/mol. The van der Waals surface area contributed by atoms with Crippen LogP contribution in [0.25, 0.3) is 0 Å². The second-order valence-corrected chi connectivity index (χ2v) is 6.60. The van der Waals surface area contributed by atoms with E-state index in [0.29, 0.717) is 5.75 Å². The number of phenolic OH excluding ortho intramolecular Hbond substituents is 1. The number of phenols is 1. The molecule has 126 valence electrons. The lowest BCUT2D eigenvalue weighted by Crippen LogP contribution is -2.21. The molecule has 1 saturated heterocycles. The molecule has 0 bridgehead atoms. The minimum absolute atomic E-state index is 0.114. The molecule has 0 amide bonds. The van der Waals surface area contributed by atoms with Gasteiger partial charge in [0, 0.05) is 5.56 Å². The fourth-order valence-corrected chi connectivity index (χ4v) is 2.37. The molecule has 0 radical (unpaired) electrons. The average Bonchev–Trinajstić information content (AvgIpc) is 3.25. The van der Waals surface area contributed by atoms with E-state index in [1.807, 2.05) is 32.9 Å². The van der Waals surface area contributed by atoms with E-state index in [-0.39, 0.29) is 29.3 Å². The minimum atomic E-state index is -0.616.